The number of rotatable bonds is 1. The zero-order valence-electron chi connectivity index (χ0n) is 12.6. The van der Waals surface area contributed by atoms with E-state index in [1.807, 2.05) is 32.0 Å². The summed E-state index contributed by atoms with van der Waals surface area (Å²) >= 11 is 5.94. The molecule has 4 aromatic rings. The lowest BCUT2D eigenvalue weighted by Crippen LogP contribution is -2.00. The predicted octanol–water partition coefficient (Wildman–Crippen LogP) is 5.48. The van der Waals surface area contributed by atoms with Gasteiger partial charge in [0.05, 0.1) is 5.39 Å². The normalized spacial score (nSPS) is 11.4. The maximum atomic E-state index is 12.3. The average Bonchev–Trinajstić information content (AvgIpc) is 2.84. The van der Waals surface area contributed by atoms with Crippen LogP contribution in [0.5, 0.6) is 0 Å². The molecule has 114 valence electrons. The summed E-state index contributed by atoms with van der Waals surface area (Å²) in [5.41, 5.74) is 3.22. The number of aryl methyl sites for hydroxylation is 2. The number of hydrogen-bond donors (Lipinski definition) is 0. The lowest BCUT2D eigenvalue weighted by Gasteiger charge is -2.02. The summed E-state index contributed by atoms with van der Waals surface area (Å²) < 4.78 is 11.8. The van der Waals surface area contributed by atoms with Crippen molar-refractivity contribution in [3.63, 3.8) is 0 Å². The van der Waals surface area contributed by atoms with Crippen molar-refractivity contribution in [2.24, 2.45) is 0 Å². The molecule has 0 radical (unpaired) electrons. The zero-order chi connectivity index (χ0) is 16.1. The molecule has 4 heteroatoms. The van der Waals surface area contributed by atoms with Gasteiger partial charge in [-0.05, 0) is 43.7 Å². The molecular formula is C19H13ClO3. The molecule has 0 aliphatic carbocycles. The van der Waals surface area contributed by atoms with Gasteiger partial charge < -0.3 is 8.83 Å². The first-order valence-electron chi connectivity index (χ1n) is 7.26. The fourth-order valence-corrected chi connectivity index (χ4v) is 2.98. The Kier molecular flexibility index (Phi) is 3.06. The van der Waals surface area contributed by atoms with E-state index in [4.69, 9.17) is 20.4 Å². The SMILES string of the molecule is Cc1ccc2c(C)c(-c3cc(=O)c4cc(Cl)ccc4o3)oc2c1. The Morgan fingerprint density at radius 2 is 1.70 bits per heavy atom. The fourth-order valence-electron chi connectivity index (χ4n) is 2.81. The van der Waals surface area contributed by atoms with E-state index in [1.165, 1.54) is 6.07 Å². The summed E-state index contributed by atoms with van der Waals surface area (Å²) in [6.45, 7) is 3.97. The van der Waals surface area contributed by atoms with Gasteiger partial charge in [0, 0.05) is 22.0 Å². The summed E-state index contributed by atoms with van der Waals surface area (Å²) in [4.78, 5) is 12.3. The number of benzene rings is 2. The molecule has 0 aliphatic heterocycles. The second kappa shape index (κ2) is 5.00. The lowest BCUT2D eigenvalue weighted by atomic mass is 10.1. The van der Waals surface area contributed by atoms with Crippen molar-refractivity contribution in [2.75, 3.05) is 0 Å². The monoisotopic (exact) mass is 324 g/mol. The molecule has 0 aliphatic rings. The van der Waals surface area contributed by atoms with Gasteiger partial charge in [-0.25, -0.2) is 0 Å². The van der Waals surface area contributed by atoms with Gasteiger partial charge in [0.15, 0.2) is 16.9 Å². The van der Waals surface area contributed by atoms with Gasteiger partial charge in [-0.2, -0.15) is 0 Å². The van der Waals surface area contributed by atoms with Gasteiger partial charge in [-0.3, -0.25) is 4.79 Å². The van der Waals surface area contributed by atoms with Crippen LogP contribution in [0.3, 0.4) is 0 Å². The van der Waals surface area contributed by atoms with Crippen LogP contribution in [-0.2, 0) is 0 Å². The Morgan fingerprint density at radius 3 is 2.52 bits per heavy atom. The molecular weight excluding hydrogens is 312 g/mol. The third-order valence-corrected chi connectivity index (χ3v) is 4.24. The molecule has 4 rings (SSSR count). The van der Waals surface area contributed by atoms with Gasteiger partial charge in [-0.15, -0.1) is 0 Å². The van der Waals surface area contributed by atoms with Gasteiger partial charge in [0.2, 0.25) is 0 Å². The van der Waals surface area contributed by atoms with Gasteiger partial charge in [0.25, 0.3) is 0 Å². The molecule has 2 aromatic heterocycles. The largest absolute Gasteiger partial charge is 0.453 e. The Bertz CT molecular complexity index is 1120. The smallest absolute Gasteiger partial charge is 0.193 e. The Morgan fingerprint density at radius 1 is 0.870 bits per heavy atom. The van der Waals surface area contributed by atoms with E-state index in [-0.39, 0.29) is 5.43 Å². The highest BCUT2D eigenvalue weighted by Crippen LogP contribution is 2.34. The van der Waals surface area contributed by atoms with Crippen LogP contribution in [0.15, 0.2) is 56.1 Å². The van der Waals surface area contributed by atoms with Gasteiger partial charge >= 0.3 is 0 Å². The Hall–Kier alpha value is -2.52. The minimum atomic E-state index is -0.139. The van der Waals surface area contributed by atoms with E-state index in [9.17, 15) is 4.79 Å². The molecule has 0 N–H and O–H groups in total. The van der Waals surface area contributed by atoms with Crippen molar-refractivity contribution >= 4 is 33.5 Å². The maximum absolute atomic E-state index is 12.3. The minimum Gasteiger partial charge on any atom is -0.453 e. The maximum Gasteiger partial charge on any atom is 0.193 e. The van der Waals surface area contributed by atoms with Crippen molar-refractivity contribution < 1.29 is 8.83 Å². The van der Waals surface area contributed by atoms with Crippen LogP contribution in [0.1, 0.15) is 11.1 Å². The van der Waals surface area contributed by atoms with Crippen LogP contribution >= 0.6 is 11.6 Å². The summed E-state index contributed by atoms with van der Waals surface area (Å²) in [5.74, 6) is 1.01. The van der Waals surface area contributed by atoms with Crippen LogP contribution < -0.4 is 5.43 Å². The lowest BCUT2D eigenvalue weighted by molar-refractivity contribution is 0.560. The minimum absolute atomic E-state index is 0.139. The van der Waals surface area contributed by atoms with Crippen molar-refractivity contribution in [3.8, 4) is 11.5 Å². The Balaban J connectivity index is 2.01. The molecule has 0 atom stereocenters. The molecule has 2 aromatic carbocycles. The summed E-state index contributed by atoms with van der Waals surface area (Å²) in [6.07, 6.45) is 0. The highest BCUT2D eigenvalue weighted by molar-refractivity contribution is 6.31. The first-order valence-corrected chi connectivity index (χ1v) is 7.64. The fraction of sp³-hybridized carbons (Fsp3) is 0.105. The molecule has 3 nitrogen and oxygen atoms in total. The van der Waals surface area contributed by atoms with Crippen LogP contribution in [-0.4, -0.2) is 0 Å². The Labute approximate surface area is 137 Å². The molecule has 23 heavy (non-hydrogen) atoms. The van der Waals surface area contributed by atoms with E-state index in [2.05, 4.69) is 0 Å². The zero-order valence-corrected chi connectivity index (χ0v) is 13.4. The van der Waals surface area contributed by atoms with E-state index < -0.39 is 0 Å². The van der Waals surface area contributed by atoms with Crippen LogP contribution in [0.2, 0.25) is 5.02 Å². The standard InChI is InChI=1S/C19H13ClO3/c1-10-3-5-13-11(2)19(23-17(13)7-10)18-9-15(21)14-8-12(20)4-6-16(14)22-18/h3-9H,1-2H3. The van der Waals surface area contributed by atoms with Crippen LogP contribution in [0, 0.1) is 13.8 Å². The average molecular weight is 325 g/mol. The van der Waals surface area contributed by atoms with Crippen molar-refractivity contribution in [3.05, 3.63) is 68.8 Å². The second-order valence-corrected chi connectivity index (χ2v) is 6.11. The third-order valence-electron chi connectivity index (χ3n) is 4.01. The van der Waals surface area contributed by atoms with E-state index in [1.54, 1.807) is 18.2 Å². The molecule has 0 spiro atoms. The topological polar surface area (TPSA) is 43.4 Å². The molecule has 0 fully saturated rings. The predicted molar refractivity (Wildman–Crippen MR) is 92.2 cm³/mol. The van der Waals surface area contributed by atoms with E-state index >= 15 is 0 Å². The van der Waals surface area contributed by atoms with Crippen LogP contribution in [0.4, 0.5) is 0 Å². The molecule has 0 bridgehead atoms. The number of fused-ring (bicyclic) bond motifs is 2. The highest BCUT2D eigenvalue weighted by Gasteiger charge is 2.16. The first kappa shape index (κ1) is 14.1. The van der Waals surface area contributed by atoms with Crippen molar-refractivity contribution in [1.82, 2.24) is 0 Å². The van der Waals surface area contributed by atoms with Gasteiger partial charge in [-0.1, -0.05) is 23.7 Å². The molecule has 0 unspecified atom stereocenters. The summed E-state index contributed by atoms with van der Waals surface area (Å²) in [7, 11) is 0. The molecule has 0 amide bonds. The summed E-state index contributed by atoms with van der Waals surface area (Å²) in [5, 5.41) is 1.99. The quantitative estimate of drug-likeness (QED) is 0.466. The first-order chi connectivity index (χ1) is 11.0. The van der Waals surface area contributed by atoms with Crippen LogP contribution in [0.25, 0.3) is 33.5 Å². The highest BCUT2D eigenvalue weighted by atomic mass is 35.5. The third kappa shape index (κ3) is 2.25. The van der Waals surface area contributed by atoms with E-state index in [0.717, 1.165) is 22.1 Å². The van der Waals surface area contributed by atoms with Gasteiger partial charge in [0.1, 0.15) is 11.2 Å². The number of furan rings is 1. The molecule has 0 saturated carbocycles. The number of halogens is 1. The number of hydrogen-bond acceptors (Lipinski definition) is 3. The second-order valence-electron chi connectivity index (χ2n) is 5.67. The van der Waals surface area contributed by atoms with Crippen molar-refractivity contribution in [2.45, 2.75) is 13.8 Å². The van der Waals surface area contributed by atoms with Crippen molar-refractivity contribution in [1.29, 1.82) is 0 Å². The van der Waals surface area contributed by atoms with E-state index in [0.29, 0.717) is 27.5 Å². The molecule has 2 heterocycles. The molecule has 0 saturated heterocycles. The summed E-state index contributed by atoms with van der Waals surface area (Å²) in [6, 6.07) is 12.5.